The largest absolute Gasteiger partial charge is 0.330 e. The van der Waals surface area contributed by atoms with E-state index in [2.05, 4.69) is 18.4 Å². The van der Waals surface area contributed by atoms with Crippen molar-refractivity contribution in [3.63, 3.8) is 0 Å². The minimum Gasteiger partial charge on any atom is -0.330 e. The van der Waals surface area contributed by atoms with Crippen molar-refractivity contribution in [3.05, 3.63) is 12.7 Å². The van der Waals surface area contributed by atoms with E-state index in [0.717, 1.165) is 25.6 Å². The van der Waals surface area contributed by atoms with E-state index in [9.17, 15) is 0 Å². The Bertz CT molecular complexity index is 156. The van der Waals surface area contributed by atoms with Crippen molar-refractivity contribution in [3.8, 4) is 0 Å². The second-order valence-corrected chi connectivity index (χ2v) is 3.87. The van der Waals surface area contributed by atoms with Gasteiger partial charge in [-0.25, -0.2) is 0 Å². The monoisotopic (exact) mass is 182 g/mol. The zero-order valence-electron chi connectivity index (χ0n) is 8.71. The summed E-state index contributed by atoms with van der Waals surface area (Å²) in [5.41, 5.74) is 5.76. The van der Waals surface area contributed by atoms with Gasteiger partial charge in [0.25, 0.3) is 0 Å². The van der Waals surface area contributed by atoms with Gasteiger partial charge in [0.05, 0.1) is 0 Å². The van der Waals surface area contributed by atoms with Crippen LogP contribution in [0.5, 0.6) is 0 Å². The first-order chi connectivity index (χ1) is 6.33. The van der Waals surface area contributed by atoms with E-state index in [1.54, 1.807) is 0 Å². The Kier molecular flexibility index (Phi) is 4.46. The van der Waals surface area contributed by atoms with Crippen LogP contribution in [0.2, 0.25) is 0 Å². The van der Waals surface area contributed by atoms with Crippen molar-refractivity contribution < 1.29 is 0 Å². The maximum atomic E-state index is 5.76. The van der Waals surface area contributed by atoms with E-state index in [1.807, 2.05) is 6.08 Å². The highest BCUT2D eigenvalue weighted by molar-refractivity contribution is 4.88. The molecule has 2 N–H and O–H groups in total. The molecular formula is C11H22N2. The zero-order chi connectivity index (χ0) is 9.68. The van der Waals surface area contributed by atoms with Gasteiger partial charge in [-0.15, -0.1) is 6.58 Å². The predicted octanol–water partition coefficient (Wildman–Crippen LogP) is 1.62. The first kappa shape index (κ1) is 10.7. The SMILES string of the molecule is C=CCN(CC)C1CCCC1CN. The summed E-state index contributed by atoms with van der Waals surface area (Å²) in [6.07, 6.45) is 5.98. The molecule has 2 atom stereocenters. The Balaban J connectivity index is 2.50. The number of hydrogen-bond acceptors (Lipinski definition) is 2. The highest BCUT2D eigenvalue weighted by atomic mass is 15.2. The van der Waals surface area contributed by atoms with Crippen LogP contribution in [-0.4, -0.2) is 30.6 Å². The molecule has 1 rings (SSSR count). The summed E-state index contributed by atoms with van der Waals surface area (Å²) in [6.45, 7) is 8.99. The Morgan fingerprint density at radius 3 is 2.85 bits per heavy atom. The molecule has 0 aromatic carbocycles. The van der Waals surface area contributed by atoms with Crippen LogP contribution in [0.25, 0.3) is 0 Å². The Hall–Kier alpha value is -0.340. The van der Waals surface area contributed by atoms with Gasteiger partial charge >= 0.3 is 0 Å². The molecule has 1 saturated carbocycles. The third kappa shape index (κ3) is 2.55. The third-order valence-electron chi connectivity index (χ3n) is 3.16. The summed E-state index contributed by atoms with van der Waals surface area (Å²) < 4.78 is 0. The van der Waals surface area contributed by atoms with Gasteiger partial charge in [0.2, 0.25) is 0 Å². The average molecular weight is 182 g/mol. The molecule has 0 bridgehead atoms. The molecule has 0 spiro atoms. The first-order valence-corrected chi connectivity index (χ1v) is 5.38. The lowest BCUT2D eigenvalue weighted by Gasteiger charge is -2.30. The Morgan fingerprint density at radius 1 is 1.54 bits per heavy atom. The van der Waals surface area contributed by atoms with Gasteiger partial charge in [0.15, 0.2) is 0 Å². The number of nitrogens with zero attached hydrogens (tertiary/aromatic N) is 1. The molecule has 2 nitrogen and oxygen atoms in total. The molecular weight excluding hydrogens is 160 g/mol. The van der Waals surface area contributed by atoms with E-state index >= 15 is 0 Å². The number of likely N-dealkylation sites (N-methyl/N-ethyl adjacent to an activating group) is 1. The van der Waals surface area contributed by atoms with Crippen molar-refractivity contribution in [1.82, 2.24) is 4.90 Å². The first-order valence-electron chi connectivity index (χ1n) is 5.38. The van der Waals surface area contributed by atoms with E-state index in [-0.39, 0.29) is 0 Å². The minimum absolute atomic E-state index is 0.716. The van der Waals surface area contributed by atoms with Crippen LogP contribution >= 0.6 is 0 Å². The number of nitrogens with two attached hydrogens (primary N) is 1. The van der Waals surface area contributed by atoms with Crippen molar-refractivity contribution in [2.75, 3.05) is 19.6 Å². The molecule has 0 aromatic rings. The van der Waals surface area contributed by atoms with Crippen LogP contribution in [0.15, 0.2) is 12.7 Å². The fraction of sp³-hybridized carbons (Fsp3) is 0.818. The van der Waals surface area contributed by atoms with Crippen molar-refractivity contribution >= 4 is 0 Å². The van der Waals surface area contributed by atoms with Crippen LogP contribution in [0.1, 0.15) is 26.2 Å². The zero-order valence-corrected chi connectivity index (χ0v) is 8.71. The lowest BCUT2D eigenvalue weighted by molar-refractivity contribution is 0.188. The fourth-order valence-electron chi connectivity index (χ4n) is 2.44. The van der Waals surface area contributed by atoms with Crippen LogP contribution in [0.3, 0.4) is 0 Å². The molecule has 1 fully saturated rings. The Labute approximate surface area is 81.8 Å². The molecule has 0 aromatic heterocycles. The van der Waals surface area contributed by atoms with Crippen LogP contribution in [0.4, 0.5) is 0 Å². The summed E-state index contributed by atoms with van der Waals surface area (Å²) in [4.78, 5) is 2.50. The second-order valence-electron chi connectivity index (χ2n) is 3.87. The number of rotatable bonds is 5. The van der Waals surface area contributed by atoms with Gasteiger partial charge in [0, 0.05) is 12.6 Å². The summed E-state index contributed by atoms with van der Waals surface area (Å²) in [5.74, 6) is 0.722. The van der Waals surface area contributed by atoms with Crippen molar-refractivity contribution in [1.29, 1.82) is 0 Å². The van der Waals surface area contributed by atoms with E-state index in [1.165, 1.54) is 19.3 Å². The summed E-state index contributed by atoms with van der Waals surface area (Å²) >= 11 is 0. The van der Waals surface area contributed by atoms with E-state index in [0.29, 0.717) is 6.04 Å². The highest BCUT2D eigenvalue weighted by Gasteiger charge is 2.29. The summed E-state index contributed by atoms with van der Waals surface area (Å²) in [7, 11) is 0. The molecule has 0 aliphatic heterocycles. The standard InChI is InChI=1S/C11H22N2/c1-3-8-13(4-2)11-7-5-6-10(11)9-12/h3,10-11H,1,4-9,12H2,2H3. The molecule has 13 heavy (non-hydrogen) atoms. The van der Waals surface area contributed by atoms with E-state index in [4.69, 9.17) is 5.73 Å². The van der Waals surface area contributed by atoms with E-state index < -0.39 is 0 Å². The van der Waals surface area contributed by atoms with Gasteiger partial charge in [-0.3, -0.25) is 4.90 Å². The van der Waals surface area contributed by atoms with Crippen molar-refractivity contribution in [2.24, 2.45) is 11.7 Å². The maximum absolute atomic E-state index is 5.76. The molecule has 2 unspecified atom stereocenters. The minimum atomic E-state index is 0.716. The summed E-state index contributed by atoms with van der Waals surface area (Å²) in [5, 5.41) is 0. The van der Waals surface area contributed by atoms with Crippen molar-refractivity contribution in [2.45, 2.75) is 32.2 Å². The molecule has 76 valence electrons. The molecule has 2 heteroatoms. The third-order valence-corrected chi connectivity index (χ3v) is 3.16. The van der Waals surface area contributed by atoms with Gasteiger partial charge in [-0.1, -0.05) is 19.4 Å². The van der Waals surface area contributed by atoms with Gasteiger partial charge < -0.3 is 5.73 Å². The topological polar surface area (TPSA) is 29.3 Å². The summed E-state index contributed by atoms with van der Waals surface area (Å²) in [6, 6.07) is 0.716. The molecule has 1 aliphatic carbocycles. The predicted molar refractivity (Wildman–Crippen MR) is 57.6 cm³/mol. The van der Waals surface area contributed by atoms with Crippen LogP contribution in [0, 0.1) is 5.92 Å². The van der Waals surface area contributed by atoms with Crippen LogP contribution < -0.4 is 5.73 Å². The molecule has 1 aliphatic rings. The van der Waals surface area contributed by atoms with Crippen LogP contribution in [-0.2, 0) is 0 Å². The van der Waals surface area contributed by atoms with Gasteiger partial charge in [-0.05, 0) is 31.8 Å². The lowest BCUT2D eigenvalue weighted by atomic mass is 10.0. The average Bonchev–Trinajstić information content (AvgIpc) is 2.61. The normalized spacial score (nSPS) is 28.2. The highest BCUT2D eigenvalue weighted by Crippen LogP contribution is 2.28. The van der Waals surface area contributed by atoms with Gasteiger partial charge in [-0.2, -0.15) is 0 Å². The molecule has 0 saturated heterocycles. The quantitative estimate of drug-likeness (QED) is 0.655. The lowest BCUT2D eigenvalue weighted by Crippen LogP contribution is -2.40. The Morgan fingerprint density at radius 2 is 2.31 bits per heavy atom. The second kappa shape index (κ2) is 5.40. The van der Waals surface area contributed by atoms with Gasteiger partial charge in [0.1, 0.15) is 0 Å². The fourth-order valence-corrected chi connectivity index (χ4v) is 2.44. The molecule has 0 amide bonds. The molecule has 0 heterocycles. The molecule has 0 radical (unpaired) electrons. The smallest absolute Gasteiger partial charge is 0.0163 e. The maximum Gasteiger partial charge on any atom is 0.0163 e. The number of hydrogen-bond donors (Lipinski definition) is 1.